The molecule has 6 amide bonds. The number of aliphatic hydroxyl groups excluding tert-OH is 12. The van der Waals surface area contributed by atoms with E-state index in [-0.39, 0.29) is 26.2 Å². The van der Waals surface area contributed by atoms with Crippen molar-refractivity contribution in [2.75, 3.05) is 111 Å². The van der Waals surface area contributed by atoms with Crippen molar-refractivity contribution < 1.29 is 120 Å². The molecular weight excluding hydrogens is 1010 g/mol. The molecule has 0 aromatic carbocycles. The number of hydrogen-bond acceptors (Lipinski definition) is 24. The largest absolute Gasteiger partial charge is 0.480 e. The van der Waals surface area contributed by atoms with Gasteiger partial charge in [0.05, 0.1) is 57.1 Å². The van der Waals surface area contributed by atoms with Gasteiger partial charge in [-0.15, -0.1) is 0 Å². The molecule has 12 atom stereocenters. The minimum atomic E-state index is -2.10. The van der Waals surface area contributed by atoms with Gasteiger partial charge in [0.15, 0.2) is 24.4 Å². The summed E-state index contributed by atoms with van der Waals surface area (Å²) in [5, 5.41) is 156. The Morgan fingerprint density at radius 2 is 0.520 bits per heavy atom. The predicted molar refractivity (Wildman–Crippen MR) is 252 cm³/mol. The molecule has 0 fully saturated rings. The molecule has 33 nitrogen and oxygen atoms in total. The lowest BCUT2D eigenvalue weighted by Gasteiger charge is -2.31. The number of rotatable bonds is 40. The van der Waals surface area contributed by atoms with E-state index < -0.39 is 212 Å². The van der Waals surface area contributed by atoms with Gasteiger partial charge in [0.1, 0.15) is 24.4 Å². The van der Waals surface area contributed by atoms with Crippen LogP contribution in [0, 0.1) is 0 Å². The molecule has 0 radical (unpaired) electrons. The van der Waals surface area contributed by atoms with E-state index in [9.17, 15) is 120 Å². The second kappa shape index (κ2) is 35.8. The van der Waals surface area contributed by atoms with Crippen molar-refractivity contribution in [2.45, 2.75) is 101 Å². The van der Waals surface area contributed by atoms with Crippen LogP contribution >= 0.6 is 0 Å². The number of hydrogen-bond donors (Lipinski definition) is 19. The topological polar surface area (TPSA) is 521 Å². The first-order valence-electron chi connectivity index (χ1n) is 23.5. The Labute approximate surface area is 430 Å². The maximum absolute atomic E-state index is 13.7. The highest BCUT2D eigenvalue weighted by Crippen LogP contribution is 2.06. The fourth-order valence-corrected chi connectivity index (χ4v) is 6.49. The fraction of sp³-hybridized carbons (Fsp3) is 0.786. The number of carboxylic acid groups (broad SMARTS) is 3. The van der Waals surface area contributed by atoms with E-state index in [1.165, 1.54) is 4.90 Å². The highest BCUT2D eigenvalue weighted by molar-refractivity contribution is 5.84. The van der Waals surface area contributed by atoms with Crippen LogP contribution in [0.4, 0.5) is 0 Å². The van der Waals surface area contributed by atoms with E-state index in [2.05, 4.69) is 21.3 Å². The number of aliphatic hydroxyl groups is 12. The van der Waals surface area contributed by atoms with Crippen molar-refractivity contribution >= 4 is 53.4 Å². The molecule has 0 rings (SSSR count). The summed E-state index contributed by atoms with van der Waals surface area (Å²) in [7, 11) is 0. The number of carbonyl (C=O) groups excluding carboxylic acids is 6. The van der Waals surface area contributed by atoms with Crippen LogP contribution in [-0.2, 0) is 43.2 Å². The molecule has 0 bridgehead atoms. The Kier molecular flexibility index (Phi) is 33.2. The van der Waals surface area contributed by atoms with E-state index in [0.717, 1.165) is 47.3 Å². The quantitative estimate of drug-likeness (QED) is 0.0271. The average Bonchev–Trinajstić information content (AvgIpc) is 3.32. The molecular formula is C42H77N9O24. The van der Waals surface area contributed by atoms with Crippen LogP contribution in [0.15, 0.2) is 0 Å². The van der Waals surface area contributed by atoms with Crippen LogP contribution in [0.25, 0.3) is 0 Å². The van der Waals surface area contributed by atoms with Crippen LogP contribution < -0.4 is 21.3 Å². The zero-order valence-corrected chi connectivity index (χ0v) is 42.1. The smallest absolute Gasteiger partial charge is 0.317 e. The highest BCUT2D eigenvalue weighted by Gasteiger charge is 2.32. The summed E-state index contributed by atoms with van der Waals surface area (Å²) in [6.45, 7) is -3.97. The van der Waals surface area contributed by atoms with Gasteiger partial charge in [-0.3, -0.25) is 57.9 Å². The average molecular weight is 1090 g/mol. The van der Waals surface area contributed by atoms with Gasteiger partial charge in [0.25, 0.3) is 23.6 Å². The summed E-state index contributed by atoms with van der Waals surface area (Å²) >= 11 is 0. The SMILES string of the molecule is C[C@H](O)[C@H](O)[C@@H](O)C(=O)NCCN(CCNC(=O)[C@H](O)[C@@H](O)[C@H](C)O)C(=O)CN(CCN(CCN(CC(=O)O)CC(=O)N(CCNC(=O)[C@H](O)[C@@H](O)[C@H](C)O)CCNC(=O)[C@H](O)[C@@H](O)[C@H](C)O)CC(=O)O)CC(=O)O. The second-order valence-electron chi connectivity index (χ2n) is 17.5. The summed E-state index contributed by atoms with van der Waals surface area (Å²) in [6, 6.07) is 0. The normalized spacial score (nSPS) is 16.5. The number of carboxylic acids is 3. The van der Waals surface area contributed by atoms with Crippen molar-refractivity contribution in [3.05, 3.63) is 0 Å². The zero-order valence-electron chi connectivity index (χ0n) is 42.1. The number of amides is 6. The minimum absolute atomic E-state index is 0.308. The maximum atomic E-state index is 13.7. The Hall–Kier alpha value is -5.37. The second-order valence-corrected chi connectivity index (χ2v) is 17.5. The maximum Gasteiger partial charge on any atom is 0.317 e. The fourth-order valence-electron chi connectivity index (χ4n) is 6.49. The number of carbonyl (C=O) groups is 9. The van der Waals surface area contributed by atoms with E-state index in [0.29, 0.717) is 0 Å². The summed E-state index contributed by atoms with van der Waals surface area (Å²) in [6.07, 6.45) is -22.0. The summed E-state index contributed by atoms with van der Waals surface area (Å²) in [4.78, 5) is 118. The standard InChI is InChI=1S/C42H77N9O24/c1-22(52)31(64)35(68)39(72)43-5-9-50(10-6-44-40(73)36(69)32(65)23(2)53)26(56)17-48(20-29(60)61)15-13-47(19-28(58)59)14-16-49(21-30(62)63)18-27(57)51(11-7-45-41(74)37(70)33(66)24(3)54)12-8-46-42(75)38(71)34(67)25(4)55/h22-25,31-38,52-55,64-71H,5-21H2,1-4H3,(H,43,72)(H,44,73)(H,45,74)(H,46,75)(H,58,59)(H,60,61)(H,62,63)/t22-,23-,24-,25-,31-,32-,33-,34-,35+,36+,37+,38+/m0/s1. The van der Waals surface area contributed by atoms with Gasteiger partial charge >= 0.3 is 17.9 Å². The van der Waals surface area contributed by atoms with E-state index in [4.69, 9.17) is 0 Å². The molecule has 0 aliphatic carbocycles. The predicted octanol–water partition coefficient (Wildman–Crippen LogP) is -12.3. The minimum Gasteiger partial charge on any atom is -0.480 e. The van der Waals surface area contributed by atoms with Gasteiger partial charge in [-0.25, -0.2) is 0 Å². The highest BCUT2D eigenvalue weighted by atomic mass is 16.4. The first kappa shape index (κ1) is 69.6. The monoisotopic (exact) mass is 1090 g/mol. The van der Waals surface area contributed by atoms with Crippen molar-refractivity contribution in [3.8, 4) is 0 Å². The van der Waals surface area contributed by atoms with E-state index >= 15 is 0 Å². The van der Waals surface area contributed by atoms with Gasteiger partial charge in [-0.1, -0.05) is 0 Å². The third kappa shape index (κ3) is 27.8. The van der Waals surface area contributed by atoms with E-state index in [1.54, 1.807) is 0 Å². The molecule has 0 aliphatic rings. The number of nitrogens with one attached hydrogen (secondary N) is 4. The summed E-state index contributed by atoms with van der Waals surface area (Å²) in [5.74, 6) is -10.6. The first-order valence-corrected chi connectivity index (χ1v) is 23.5. The lowest BCUT2D eigenvalue weighted by molar-refractivity contribution is -0.143. The Morgan fingerprint density at radius 3 is 0.720 bits per heavy atom. The Morgan fingerprint density at radius 1 is 0.320 bits per heavy atom. The van der Waals surface area contributed by atoms with Gasteiger partial charge in [0.2, 0.25) is 11.8 Å². The van der Waals surface area contributed by atoms with Crippen molar-refractivity contribution in [3.63, 3.8) is 0 Å². The van der Waals surface area contributed by atoms with E-state index in [1.807, 2.05) is 0 Å². The van der Waals surface area contributed by atoms with Crippen LogP contribution in [0.2, 0.25) is 0 Å². The van der Waals surface area contributed by atoms with Crippen LogP contribution in [0.3, 0.4) is 0 Å². The van der Waals surface area contributed by atoms with Gasteiger partial charge in [-0.05, 0) is 27.7 Å². The molecule has 0 aromatic rings. The molecule has 33 heteroatoms. The lowest BCUT2D eigenvalue weighted by Crippen LogP contribution is -2.52. The molecule has 434 valence electrons. The van der Waals surface area contributed by atoms with Crippen LogP contribution in [0.5, 0.6) is 0 Å². The third-order valence-corrected chi connectivity index (χ3v) is 11.0. The first-order chi connectivity index (χ1) is 34.8. The molecule has 0 spiro atoms. The molecule has 0 saturated heterocycles. The molecule has 0 unspecified atom stereocenters. The summed E-state index contributed by atoms with van der Waals surface area (Å²) in [5.41, 5.74) is 0. The van der Waals surface area contributed by atoms with Crippen molar-refractivity contribution in [2.24, 2.45) is 0 Å². The Bertz CT molecular complexity index is 1620. The molecule has 75 heavy (non-hydrogen) atoms. The van der Waals surface area contributed by atoms with Gasteiger partial charge < -0.3 is 108 Å². The zero-order chi connectivity index (χ0) is 57.9. The van der Waals surface area contributed by atoms with Gasteiger partial charge in [-0.2, -0.15) is 0 Å². The van der Waals surface area contributed by atoms with Crippen molar-refractivity contribution in [1.82, 2.24) is 45.8 Å². The summed E-state index contributed by atoms with van der Waals surface area (Å²) < 4.78 is 0. The molecule has 19 N–H and O–H groups in total. The number of aliphatic carboxylic acids is 3. The van der Waals surface area contributed by atoms with Crippen LogP contribution in [-0.4, -0.2) is 339 Å². The molecule has 0 aliphatic heterocycles. The van der Waals surface area contributed by atoms with Gasteiger partial charge in [0, 0.05) is 78.5 Å². The van der Waals surface area contributed by atoms with Crippen molar-refractivity contribution in [1.29, 1.82) is 0 Å². The number of nitrogens with zero attached hydrogens (tertiary/aromatic N) is 5. The molecule has 0 saturated carbocycles. The third-order valence-electron chi connectivity index (χ3n) is 11.0. The Balaban J connectivity index is 6.38. The lowest BCUT2D eigenvalue weighted by atomic mass is 10.1. The molecule has 0 heterocycles. The van der Waals surface area contributed by atoms with Crippen LogP contribution in [0.1, 0.15) is 27.7 Å². The molecule has 0 aromatic heterocycles.